The largest absolute Gasteiger partial charge is 0.396 e. The normalized spacial score (nSPS) is 7.14. The third-order valence-electron chi connectivity index (χ3n) is 1.12. The zero-order chi connectivity index (χ0) is 17.1. The van der Waals surface area contributed by atoms with Gasteiger partial charge in [0, 0.05) is 54.1 Å². The zero-order valence-corrected chi connectivity index (χ0v) is 16.7. The van der Waals surface area contributed by atoms with Gasteiger partial charge in [-0.3, -0.25) is 0 Å². The molecule has 136 valence electrons. The molecule has 0 saturated heterocycles. The summed E-state index contributed by atoms with van der Waals surface area (Å²) in [7, 11) is 0. The Morgan fingerprint density at radius 2 is 0.429 bits per heavy atom. The molecule has 21 heavy (non-hydrogen) atoms. The van der Waals surface area contributed by atoms with Crippen LogP contribution in [0.4, 0.5) is 0 Å². The third-order valence-corrected chi connectivity index (χ3v) is 1.12. The van der Waals surface area contributed by atoms with Crippen molar-refractivity contribution < 1.29 is 46.6 Å². The van der Waals surface area contributed by atoms with Gasteiger partial charge in [0.15, 0.2) is 0 Å². The van der Waals surface area contributed by atoms with Gasteiger partial charge in [-0.05, 0) is 32.1 Å². The summed E-state index contributed by atoms with van der Waals surface area (Å²) in [5, 5.41) is 39.4. The molecule has 0 atom stereocenters. The quantitative estimate of drug-likeness (QED) is 0.457. The molecule has 5 nitrogen and oxygen atoms in total. The first-order valence-corrected chi connectivity index (χ1v) is 7.62. The zero-order valence-electron chi connectivity index (χ0n) is 14.7. The summed E-state index contributed by atoms with van der Waals surface area (Å²) >= 11 is 0. The molecule has 0 amide bonds. The van der Waals surface area contributed by atoms with E-state index in [1.165, 1.54) is 0 Å². The first-order valence-electron chi connectivity index (χ1n) is 7.62. The van der Waals surface area contributed by atoms with Crippen LogP contribution < -0.4 is 0 Å². The summed E-state index contributed by atoms with van der Waals surface area (Å²) in [4.78, 5) is 0. The molecule has 6 heteroatoms. The van der Waals surface area contributed by atoms with Crippen molar-refractivity contribution in [1.29, 1.82) is 0 Å². The van der Waals surface area contributed by atoms with E-state index in [1.54, 1.807) is 0 Å². The fraction of sp³-hybridized carbons (Fsp3) is 1.00. The van der Waals surface area contributed by atoms with E-state index in [0.29, 0.717) is 33.0 Å². The maximum atomic E-state index is 7.88. The van der Waals surface area contributed by atoms with E-state index < -0.39 is 0 Å². The molecule has 5 N–H and O–H groups in total. The van der Waals surface area contributed by atoms with Crippen LogP contribution in [0, 0.1) is 0 Å². The monoisotopic (exact) mass is 398 g/mol. The van der Waals surface area contributed by atoms with E-state index in [4.69, 9.17) is 25.5 Å². The third kappa shape index (κ3) is 233. The van der Waals surface area contributed by atoms with E-state index in [0.717, 1.165) is 32.1 Å². The first kappa shape index (κ1) is 37.6. The summed E-state index contributed by atoms with van der Waals surface area (Å²) in [6.07, 6.45) is 4.38. The van der Waals surface area contributed by atoms with Crippen molar-refractivity contribution in [2.24, 2.45) is 0 Å². The average Bonchev–Trinajstić information content (AvgIpc) is 2.55. The van der Waals surface area contributed by atoms with Gasteiger partial charge in [0.1, 0.15) is 0 Å². The number of aliphatic hydroxyl groups excluding tert-OH is 5. The number of hydrogen-bond donors (Lipinski definition) is 5. The molecular weight excluding hydrogens is 356 g/mol. The molecule has 0 aliphatic carbocycles. The topological polar surface area (TPSA) is 101 Å². The van der Waals surface area contributed by atoms with Crippen molar-refractivity contribution in [3.8, 4) is 0 Å². The van der Waals surface area contributed by atoms with E-state index in [9.17, 15) is 0 Å². The molecular formula is C15H40MoO5. The van der Waals surface area contributed by atoms with Crippen LogP contribution in [0.25, 0.3) is 0 Å². The average molecular weight is 396 g/mol. The molecule has 0 unspecified atom stereocenters. The minimum absolute atomic E-state index is 0. The van der Waals surface area contributed by atoms with Crippen LogP contribution in [-0.4, -0.2) is 58.6 Å². The minimum Gasteiger partial charge on any atom is -0.396 e. The van der Waals surface area contributed by atoms with Crippen molar-refractivity contribution in [2.45, 2.75) is 66.7 Å². The summed E-state index contributed by atoms with van der Waals surface area (Å²) < 4.78 is 0. The molecule has 0 aromatic heterocycles. The van der Waals surface area contributed by atoms with Crippen molar-refractivity contribution in [1.82, 2.24) is 0 Å². The maximum Gasteiger partial charge on any atom is 0.0428 e. The molecule has 0 heterocycles. The maximum absolute atomic E-state index is 7.88. The van der Waals surface area contributed by atoms with Crippen LogP contribution in [0.5, 0.6) is 0 Å². The van der Waals surface area contributed by atoms with Crippen molar-refractivity contribution >= 4 is 0 Å². The second kappa shape index (κ2) is 70.7. The number of aliphatic hydroxyl groups is 5. The number of hydrogen-bond acceptors (Lipinski definition) is 5. The molecule has 0 bridgehead atoms. The second-order valence-electron chi connectivity index (χ2n) is 3.62. The first-order chi connectivity index (χ1) is 9.57. The van der Waals surface area contributed by atoms with Crippen LogP contribution in [-0.2, 0) is 21.1 Å². The van der Waals surface area contributed by atoms with E-state index in [-0.39, 0.29) is 21.1 Å². The van der Waals surface area contributed by atoms with Gasteiger partial charge in [-0.25, -0.2) is 0 Å². The molecule has 0 saturated carbocycles. The predicted molar refractivity (Wildman–Crippen MR) is 86.9 cm³/mol. The number of rotatable bonds is 5. The van der Waals surface area contributed by atoms with Crippen molar-refractivity contribution in [2.75, 3.05) is 33.0 Å². The van der Waals surface area contributed by atoms with Crippen LogP contribution in [0.3, 0.4) is 0 Å². The van der Waals surface area contributed by atoms with E-state index >= 15 is 0 Å². The van der Waals surface area contributed by atoms with Crippen LogP contribution in [0.2, 0.25) is 0 Å². The molecule has 0 aliphatic heterocycles. The summed E-state index contributed by atoms with van der Waals surface area (Å²) in [6, 6.07) is 0. The van der Waals surface area contributed by atoms with Crippen molar-refractivity contribution in [3.63, 3.8) is 0 Å². The van der Waals surface area contributed by atoms with Crippen LogP contribution in [0.1, 0.15) is 66.7 Å². The molecule has 0 aromatic rings. The Morgan fingerprint density at radius 1 is 0.381 bits per heavy atom. The molecule has 0 rings (SSSR count). The van der Waals surface area contributed by atoms with Gasteiger partial charge in [0.2, 0.25) is 0 Å². The second-order valence-corrected chi connectivity index (χ2v) is 3.62. The Kier molecular flexibility index (Phi) is 127. The van der Waals surface area contributed by atoms with Crippen molar-refractivity contribution in [3.05, 3.63) is 0 Å². The Hall–Kier alpha value is 0.488. The molecule has 0 radical (unpaired) electrons. The minimum atomic E-state index is 0. The summed E-state index contributed by atoms with van der Waals surface area (Å²) in [5.41, 5.74) is 0. The van der Waals surface area contributed by atoms with E-state index in [2.05, 4.69) is 0 Å². The van der Waals surface area contributed by atoms with Gasteiger partial charge in [-0.1, -0.05) is 34.6 Å². The molecule has 0 fully saturated rings. The van der Waals surface area contributed by atoms with Gasteiger partial charge in [0.25, 0.3) is 0 Å². The van der Waals surface area contributed by atoms with Gasteiger partial charge in [-0.2, -0.15) is 0 Å². The smallest absolute Gasteiger partial charge is 0.0428 e. The van der Waals surface area contributed by atoms with Crippen LogP contribution in [0.15, 0.2) is 0 Å². The fourth-order valence-corrected chi connectivity index (χ4v) is 0. The summed E-state index contributed by atoms with van der Waals surface area (Å²) in [6.45, 7) is 11.2. The Bertz CT molecular complexity index is 55.2. The Labute approximate surface area is 146 Å². The van der Waals surface area contributed by atoms with Gasteiger partial charge in [-0.15, -0.1) is 0 Å². The molecule has 0 spiro atoms. The standard InChI is InChI=1S/5C3H8O.Mo/c5*1-2-3-4;/h5*4H,2-3H2,1H3;. The fourth-order valence-electron chi connectivity index (χ4n) is 0. The van der Waals surface area contributed by atoms with Gasteiger partial charge >= 0.3 is 0 Å². The Morgan fingerprint density at radius 3 is 0.429 bits per heavy atom. The molecule has 0 aromatic carbocycles. The van der Waals surface area contributed by atoms with Crippen LogP contribution >= 0.6 is 0 Å². The van der Waals surface area contributed by atoms with Gasteiger partial charge < -0.3 is 25.5 Å². The summed E-state index contributed by atoms with van der Waals surface area (Å²) in [5.74, 6) is 0. The Balaban J connectivity index is -0.0000000331. The SMILES string of the molecule is CCCO.CCCO.CCCO.CCCO.CCCO.[Mo]. The predicted octanol–water partition coefficient (Wildman–Crippen LogP) is 1.94. The van der Waals surface area contributed by atoms with Gasteiger partial charge in [0.05, 0.1) is 0 Å². The van der Waals surface area contributed by atoms with E-state index in [1.807, 2.05) is 34.6 Å². The molecule has 0 aliphatic rings.